The Morgan fingerprint density at radius 1 is 1.50 bits per heavy atom. The molecule has 18 heavy (non-hydrogen) atoms. The fourth-order valence-electron chi connectivity index (χ4n) is 2.24. The van der Waals surface area contributed by atoms with Gasteiger partial charge in [-0.25, -0.2) is 4.79 Å². The van der Waals surface area contributed by atoms with Gasteiger partial charge in [-0.1, -0.05) is 11.6 Å². The smallest absolute Gasteiger partial charge is 0.328 e. The van der Waals surface area contributed by atoms with Crippen molar-refractivity contribution in [1.29, 1.82) is 0 Å². The number of carbonyl (C=O) groups is 1. The Morgan fingerprint density at radius 3 is 2.78 bits per heavy atom. The van der Waals surface area contributed by atoms with E-state index in [-0.39, 0.29) is 0 Å². The van der Waals surface area contributed by atoms with E-state index >= 15 is 0 Å². The van der Waals surface area contributed by atoms with Crippen molar-refractivity contribution in [3.05, 3.63) is 35.4 Å². The Bertz CT molecular complexity index is 475. The zero-order valence-corrected chi connectivity index (χ0v) is 10.9. The van der Waals surface area contributed by atoms with Crippen molar-refractivity contribution >= 4 is 17.7 Å². The highest BCUT2D eigenvalue weighted by molar-refractivity contribution is 5.87. The van der Waals surface area contributed by atoms with E-state index in [1.165, 1.54) is 18.9 Å². The molecule has 0 aromatic heterocycles. The zero-order chi connectivity index (χ0) is 13.1. The maximum absolute atomic E-state index is 10.7. The third-order valence-electron chi connectivity index (χ3n) is 3.23. The van der Waals surface area contributed by atoms with Gasteiger partial charge in [0.2, 0.25) is 0 Å². The van der Waals surface area contributed by atoms with Gasteiger partial charge in [-0.15, -0.1) is 0 Å². The molecule has 1 saturated carbocycles. The van der Waals surface area contributed by atoms with E-state index in [0.29, 0.717) is 6.04 Å². The Balaban J connectivity index is 2.35. The molecule has 3 nitrogen and oxygen atoms in total. The highest BCUT2D eigenvalue weighted by Crippen LogP contribution is 2.34. The third kappa shape index (κ3) is 2.92. The van der Waals surface area contributed by atoms with Gasteiger partial charge >= 0.3 is 5.97 Å². The number of carboxylic acids is 1. The highest BCUT2D eigenvalue weighted by Gasteiger charge is 2.28. The summed E-state index contributed by atoms with van der Waals surface area (Å²) in [6, 6.07) is 6.85. The molecule has 0 saturated heterocycles. The quantitative estimate of drug-likeness (QED) is 0.810. The van der Waals surface area contributed by atoms with Gasteiger partial charge in [-0.05, 0) is 50.5 Å². The summed E-state index contributed by atoms with van der Waals surface area (Å²) in [5.74, 6) is -0.906. The van der Waals surface area contributed by atoms with Gasteiger partial charge < -0.3 is 10.0 Å². The fourth-order valence-corrected chi connectivity index (χ4v) is 2.24. The molecule has 0 atom stereocenters. The number of hydrogen-bond donors (Lipinski definition) is 1. The van der Waals surface area contributed by atoms with Crippen molar-refractivity contribution in [2.24, 2.45) is 0 Å². The lowest BCUT2D eigenvalue weighted by Crippen LogP contribution is -2.25. The van der Waals surface area contributed by atoms with Crippen LogP contribution in [0.15, 0.2) is 24.3 Å². The average molecular weight is 245 g/mol. The Labute approximate surface area is 108 Å². The molecule has 96 valence electrons. The fraction of sp³-hybridized carbons (Fsp3) is 0.400. The number of rotatable bonds is 5. The Hall–Kier alpha value is -1.77. The Morgan fingerprint density at radius 2 is 2.22 bits per heavy atom. The van der Waals surface area contributed by atoms with Crippen LogP contribution in [0.2, 0.25) is 0 Å². The molecule has 0 unspecified atom stereocenters. The standard InChI is InChI=1S/C15H19NO2/c1-3-16(13-6-7-13)14-8-4-11(2)10-12(14)5-9-15(17)18/h4-5,8-10,13H,3,6-7H2,1-2H3,(H,17,18)/b9-5+. The lowest BCUT2D eigenvalue weighted by atomic mass is 10.1. The molecule has 2 rings (SSSR count). The van der Waals surface area contributed by atoms with Crippen LogP contribution >= 0.6 is 0 Å². The summed E-state index contributed by atoms with van der Waals surface area (Å²) in [4.78, 5) is 13.0. The van der Waals surface area contributed by atoms with Crippen molar-refractivity contribution in [1.82, 2.24) is 0 Å². The molecule has 0 amide bonds. The van der Waals surface area contributed by atoms with Crippen molar-refractivity contribution in [2.45, 2.75) is 32.7 Å². The van der Waals surface area contributed by atoms with E-state index in [1.54, 1.807) is 6.08 Å². The summed E-state index contributed by atoms with van der Waals surface area (Å²) in [6.45, 7) is 5.12. The second-order valence-electron chi connectivity index (χ2n) is 4.75. The molecule has 0 aliphatic heterocycles. The molecule has 0 bridgehead atoms. The number of carboxylic acid groups (broad SMARTS) is 1. The van der Waals surface area contributed by atoms with Crippen LogP contribution in [-0.2, 0) is 4.79 Å². The van der Waals surface area contributed by atoms with Crippen molar-refractivity contribution in [2.75, 3.05) is 11.4 Å². The predicted molar refractivity (Wildman–Crippen MR) is 73.9 cm³/mol. The van der Waals surface area contributed by atoms with Crippen LogP contribution in [0, 0.1) is 6.92 Å². The van der Waals surface area contributed by atoms with E-state index in [2.05, 4.69) is 24.0 Å². The lowest BCUT2D eigenvalue weighted by molar-refractivity contribution is -0.131. The highest BCUT2D eigenvalue weighted by atomic mass is 16.4. The zero-order valence-electron chi connectivity index (χ0n) is 10.9. The summed E-state index contributed by atoms with van der Waals surface area (Å²) in [5, 5.41) is 8.75. The Kier molecular flexibility index (Phi) is 3.70. The average Bonchev–Trinajstić information content (AvgIpc) is 3.14. The molecule has 0 radical (unpaired) electrons. The van der Waals surface area contributed by atoms with Crippen LogP contribution in [-0.4, -0.2) is 23.7 Å². The van der Waals surface area contributed by atoms with E-state index in [1.807, 2.05) is 13.0 Å². The largest absolute Gasteiger partial charge is 0.478 e. The van der Waals surface area contributed by atoms with Gasteiger partial charge in [0.25, 0.3) is 0 Å². The monoisotopic (exact) mass is 245 g/mol. The van der Waals surface area contributed by atoms with E-state index in [9.17, 15) is 4.79 Å². The summed E-state index contributed by atoms with van der Waals surface area (Å²) < 4.78 is 0. The maximum Gasteiger partial charge on any atom is 0.328 e. The minimum Gasteiger partial charge on any atom is -0.478 e. The summed E-state index contributed by atoms with van der Waals surface area (Å²) >= 11 is 0. The topological polar surface area (TPSA) is 40.5 Å². The second-order valence-corrected chi connectivity index (χ2v) is 4.75. The first-order valence-corrected chi connectivity index (χ1v) is 6.40. The number of nitrogens with zero attached hydrogens (tertiary/aromatic N) is 1. The lowest BCUT2D eigenvalue weighted by Gasteiger charge is -2.25. The van der Waals surface area contributed by atoms with Crippen LogP contribution in [0.5, 0.6) is 0 Å². The van der Waals surface area contributed by atoms with E-state index in [4.69, 9.17) is 5.11 Å². The predicted octanol–water partition coefficient (Wildman–Crippen LogP) is 3.08. The van der Waals surface area contributed by atoms with E-state index < -0.39 is 5.97 Å². The van der Waals surface area contributed by atoms with Crippen molar-refractivity contribution in [3.8, 4) is 0 Å². The normalized spacial score (nSPS) is 15.0. The number of hydrogen-bond acceptors (Lipinski definition) is 2. The molecule has 3 heteroatoms. The molecular weight excluding hydrogens is 226 g/mol. The molecule has 1 fully saturated rings. The molecule has 1 aliphatic carbocycles. The summed E-state index contributed by atoms with van der Waals surface area (Å²) in [7, 11) is 0. The first kappa shape index (κ1) is 12.7. The SMILES string of the molecule is CCN(c1ccc(C)cc1/C=C/C(=O)O)C1CC1. The number of aryl methyl sites for hydroxylation is 1. The second kappa shape index (κ2) is 5.25. The molecule has 1 aliphatic rings. The van der Waals surface area contributed by atoms with Gasteiger partial charge in [-0.2, -0.15) is 0 Å². The van der Waals surface area contributed by atoms with Gasteiger partial charge in [0, 0.05) is 24.4 Å². The molecule has 1 N–H and O–H groups in total. The van der Waals surface area contributed by atoms with Crippen molar-refractivity contribution < 1.29 is 9.90 Å². The van der Waals surface area contributed by atoms with Crippen LogP contribution in [0.1, 0.15) is 30.9 Å². The summed E-state index contributed by atoms with van der Waals surface area (Å²) in [6.07, 6.45) is 5.38. The molecule has 0 heterocycles. The minimum absolute atomic E-state index is 0.634. The summed E-state index contributed by atoms with van der Waals surface area (Å²) in [5.41, 5.74) is 3.28. The molecule has 1 aromatic carbocycles. The molecule has 1 aromatic rings. The number of benzene rings is 1. The van der Waals surface area contributed by atoms with Crippen molar-refractivity contribution in [3.63, 3.8) is 0 Å². The van der Waals surface area contributed by atoms with Crippen LogP contribution < -0.4 is 4.90 Å². The van der Waals surface area contributed by atoms with Crippen LogP contribution in [0.3, 0.4) is 0 Å². The van der Waals surface area contributed by atoms with Gasteiger partial charge in [-0.3, -0.25) is 0 Å². The van der Waals surface area contributed by atoms with Crippen LogP contribution in [0.25, 0.3) is 6.08 Å². The van der Waals surface area contributed by atoms with Gasteiger partial charge in [0.1, 0.15) is 0 Å². The minimum atomic E-state index is -0.906. The van der Waals surface area contributed by atoms with Gasteiger partial charge in [0.05, 0.1) is 0 Å². The number of anilines is 1. The molecule has 0 spiro atoms. The third-order valence-corrected chi connectivity index (χ3v) is 3.23. The van der Waals surface area contributed by atoms with Gasteiger partial charge in [0.15, 0.2) is 0 Å². The number of aliphatic carboxylic acids is 1. The first-order valence-electron chi connectivity index (χ1n) is 6.40. The van der Waals surface area contributed by atoms with Crippen LogP contribution in [0.4, 0.5) is 5.69 Å². The maximum atomic E-state index is 10.7. The molecular formula is C15H19NO2. The first-order chi connectivity index (χ1) is 8.61. The van der Waals surface area contributed by atoms with E-state index in [0.717, 1.165) is 23.4 Å².